The molecule has 120 valence electrons. The van der Waals surface area contributed by atoms with E-state index in [1.807, 2.05) is 0 Å². The molecule has 1 amide bonds. The van der Waals surface area contributed by atoms with Crippen LogP contribution in [-0.4, -0.2) is 39.8 Å². The molecule has 3 N–H and O–H groups in total. The van der Waals surface area contributed by atoms with Gasteiger partial charge in [0.15, 0.2) is 9.84 Å². The molecule has 1 unspecified atom stereocenters. The third-order valence-electron chi connectivity index (χ3n) is 2.45. The zero-order valence-corrected chi connectivity index (χ0v) is 13.7. The van der Waals surface area contributed by atoms with Crippen LogP contribution in [0, 0.1) is 0 Å². The lowest BCUT2D eigenvalue weighted by molar-refractivity contribution is -0.121. The van der Waals surface area contributed by atoms with Gasteiger partial charge in [0.25, 0.3) is 0 Å². The van der Waals surface area contributed by atoms with E-state index in [4.69, 9.17) is 10.5 Å². The smallest absolute Gasteiger partial charge is 0.221 e. The molecule has 0 heterocycles. The number of sulfone groups is 1. The fourth-order valence-corrected chi connectivity index (χ4v) is 2.14. The van der Waals surface area contributed by atoms with Crippen LogP contribution in [0.2, 0.25) is 0 Å². The number of nitrogens with two attached hydrogens (primary N) is 1. The summed E-state index contributed by atoms with van der Waals surface area (Å²) in [4.78, 5) is 11.6. The maximum Gasteiger partial charge on any atom is 0.221 e. The van der Waals surface area contributed by atoms with Gasteiger partial charge in [-0.25, -0.2) is 8.42 Å². The number of carbonyl (C=O) groups excluding carboxylic acids is 1. The van der Waals surface area contributed by atoms with E-state index >= 15 is 0 Å². The molecule has 1 aromatic carbocycles. The average molecular weight is 337 g/mol. The molecule has 21 heavy (non-hydrogen) atoms. The summed E-state index contributed by atoms with van der Waals surface area (Å²) in [7, 11) is -3.19. The van der Waals surface area contributed by atoms with Crippen LogP contribution in [-0.2, 0) is 14.6 Å². The average Bonchev–Trinajstić information content (AvgIpc) is 2.33. The molecular formula is C13H21ClN2O4S. The zero-order valence-electron chi connectivity index (χ0n) is 12.0. The van der Waals surface area contributed by atoms with Gasteiger partial charge in [0.2, 0.25) is 5.91 Å². The monoisotopic (exact) mass is 336 g/mol. The Hall–Kier alpha value is -1.31. The van der Waals surface area contributed by atoms with E-state index in [0.29, 0.717) is 18.9 Å². The van der Waals surface area contributed by atoms with Crippen molar-refractivity contribution in [3.8, 4) is 5.75 Å². The molecule has 0 aliphatic rings. The predicted octanol–water partition coefficient (Wildman–Crippen LogP) is 0.744. The van der Waals surface area contributed by atoms with Gasteiger partial charge in [-0.05, 0) is 31.2 Å². The van der Waals surface area contributed by atoms with E-state index in [1.54, 1.807) is 19.1 Å². The number of benzene rings is 1. The molecule has 0 spiro atoms. The van der Waals surface area contributed by atoms with Crippen LogP contribution in [0.15, 0.2) is 29.2 Å². The van der Waals surface area contributed by atoms with Crippen LogP contribution in [0.25, 0.3) is 0 Å². The minimum atomic E-state index is -3.19. The summed E-state index contributed by atoms with van der Waals surface area (Å²) in [5.74, 6) is 0.440. The number of ether oxygens (including phenoxy) is 1. The fraction of sp³-hybridized carbons (Fsp3) is 0.462. The summed E-state index contributed by atoms with van der Waals surface area (Å²) in [5.41, 5.74) is 5.50. The molecule has 0 aliphatic heterocycles. The number of carbonyl (C=O) groups is 1. The van der Waals surface area contributed by atoms with Crippen LogP contribution in [0.4, 0.5) is 0 Å². The normalized spacial score (nSPS) is 12.1. The Morgan fingerprint density at radius 1 is 1.33 bits per heavy atom. The summed E-state index contributed by atoms with van der Waals surface area (Å²) in [5, 5.41) is 2.68. The second kappa shape index (κ2) is 8.86. The van der Waals surface area contributed by atoms with Crippen LogP contribution in [0.3, 0.4) is 0 Å². The summed E-state index contributed by atoms with van der Waals surface area (Å²) < 4.78 is 27.9. The van der Waals surface area contributed by atoms with E-state index in [2.05, 4.69) is 5.32 Å². The fourth-order valence-electron chi connectivity index (χ4n) is 1.51. The molecule has 1 atom stereocenters. The number of hydrogen-bond acceptors (Lipinski definition) is 5. The van der Waals surface area contributed by atoms with Crippen molar-refractivity contribution in [2.75, 3.05) is 19.4 Å². The third kappa shape index (κ3) is 7.89. The van der Waals surface area contributed by atoms with E-state index in [1.165, 1.54) is 12.1 Å². The van der Waals surface area contributed by atoms with Crippen molar-refractivity contribution in [3.63, 3.8) is 0 Å². The van der Waals surface area contributed by atoms with Crippen LogP contribution < -0.4 is 15.8 Å². The van der Waals surface area contributed by atoms with Gasteiger partial charge in [0.1, 0.15) is 12.4 Å². The lowest BCUT2D eigenvalue weighted by Gasteiger charge is -2.09. The molecule has 8 heteroatoms. The molecule has 0 radical (unpaired) electrons. The summed E-state index contributed by atoms with van der Waals surface area (Å²) in [6.45, 7) is 2.45. The van der Waals surface area contributed by atoms with Crippen molar-refractivity contribution in [1.82, 2.24) is 5.32 Å². The largest absolute Gasteiger partial charge is 0.492 e. The first-order valence-corrected chi connectivity index (χ1v) is 8.13. The van der Waals surface area contributed by atoms with Crippen molar-refractivity contribution < 1.29 is 17.9 Å². The van der Waals surface area contributed by atoms with Gasteiger partial charge < -0.3 is 15.8 Å². The minimum absolute atomic E-state index is 0. The lowest BCUT2D eigenvalue weighted by atomic mass is 10.2. The number of nitrogens with one attached hydrogen (secondary N) is 1. The van der Waals surface area contributed by atoms with Gasteiger partial charge in [-0.15, -0.1) is 12.4 Å². The maximum absolute atomic E-state index is 11.3. The van der Waals surface area contributed by atoms with Gasteiger partial charge in [-0.1, -0.05) is 0 Å². The van der Waals surface area contributed by atoms with Crippen LogP contribution in [0.1, 0.15) is 13.3 Å². The standard InChI is InChI=1S/C13H20N2O4S.ClH/c1-10(14)9-13(16)15-7-8-19-11-3-5-12(6-4-11)20(2,17)18;/h3-6,10H,7-9,14H2,1-2H3,(H,15,16);1H. The molecule has 0 saturated carbocycles. The number of rotatable bonds is 7. The topological polar surface area (TPSA) is 98.5 Å². The Balaban J connectivity index is 0.00000400. The van der Waals surface area contributed by atoms with Crippen molar-refractivity contribution >= 4 is 28.2 Å². The molecule has 0 saturated heterocycles. The van der Waals surface area contributed by atoms with Crippen molar-refractivity contribution in [3.05, 3.63) is 24.3 Å². The highest BCUT2D eigenvalue weighted by Gasteiger charge is 2.07. The highest BCUT2D eigenvalue weighted by Crippen LogP contribution is 2.15. The molecule has 0 fully saturated rings. The second-order valence-electron chi connectivity index (χ2n) is 4.62. The van der Waals surface area contributed by atoms with Gasteiger partial charge in [0.05, 0.1) is 11.4 Å². The minimum Gasteiger partial charge on any atom is -0.492 e. The van der Waals surface area contributed by atoms with Crippen LogP contribution in [0.5, 0.6) is 5.75 Å². The first-order valence-electron chi connectivity index (χ1n) is 6.24. The quantitative estimate of drug-likeness (QED) is 0.716. The molecule has 1 rings (SSSR count). The lowest BCUT2D eigenvalue weighted by Crippen LogP contribution is -2.32. The second-order valence-corrected chi connectivity index (χ2v) is 6.64. The molecule has 0 aliphatic carbocycles. The number of hydrogen-bond donors (Lipinski definition) is 2. The molecule has 6 nitrogen and oxygen atoms in total. The summed E-state index contributed by atoms with van der Waals surface area (Å²) >= 11 is 0. The molecule has 0 aromatic heterocycles. The number of amides is 1. The summed E-state index contributed by atoms with van der Waals surface area (Å²) in [6.07, 6.45) is 1.43. The molecule has 0 bridgehead atoms. The Morgan fingerprint density at radius 3 is 2.38 bits per heavy atom. The van der Waals surface area contributed by atoms with Gasteiger partial charge in [0, 0.05) is 18.7 Å². The first-order chi connectivity index (χ1) is 9.29. The van der Waals surface area contributed by atoms with Gasteiger partial charge in [-0.3, -0.25) is 4.79 Å². The molecule has 1 aromatic rings. The van der Waals surface area contributed by atoms with E-state index < -0.39 is 9.84 Å². The Morgan fingerprint density at radius 2 is 1.90 bits per heavy atom. The Bertz CT molecular complexity index is 544. The SMILES string of the molecule is CC(N)CC(=O)NCCOc1ccc(S(C)(=O)=O)cc1.Cl. The van der Waals surface area contributed by atoms with Crippen molar-refractivity contribution in [1.29, 1.82) is 0 Å². The van der Waals surface area contributed by atoms with E-state index in [9.17, 15) is 13.2 Å². The maximum atomic E-state index is 11.3. The third-order valence-corrected chi connectivity index (χ3v) is 3.58. The van der Waals surface area contributed by atoms with Crippen LogP contribution >= 0.6 is 12.4 Å². The van der Waals surface area contributed by atoms with E-state index in [-0.39, 0.29) is 35.7 Å². The summed E-state index contributed by atoms with van der Waals surface area (Å²) in [6, 6.07) is 5.97. The van der Waals surface area contributed by atoms with Crippen molar-refractivity contribution in [2.24, 2.45) is 5.73 Å². The first kappa shape index (κ1) is 19.7. The van der Waals surface area contributed by atoms with Gasteiger partial charge in [-0.2, -0.15) is 0 Å². The zero-order chi connectivity index (χ0) is 15.2. The number of halogens is 1. The van der Waals surface area contributed by atoms with E-state index in [0.717, 1.165) is 6.26 Å². The highest BCUT2D eigenvalue weighted by molar-refractivity contribution is 7.90. The Labute approximate surface area is 131 Å². The Kier molecular flexibility index (Phi) is 8.31. The van der Waals surface area contributed by atoms with Gasteiger partial charge >= 0.3 is 0 Å². The highest BCUT2D eigenvalue weighted by atomic mass is 35.5. The van der Waals surface area contributed by atoms with Crippen molar-refractivity contribution in [2.45, 2.75) is 24.3 Å². The predicted molar refractivity (Wildman–Crippen MR) is 83.6 cm³/mol. The molecular weight excluding hydrogens is 316 g/mol.